The fourth-order valence-electron chi connectivity index (χ4n) is 6.21. The van der Waals surface area contributed by atoms with Crippen molar-refractivity contribution in [1.82, 2.24) is 19.7 Å². The van der Waals surface area contributed by atoms with E-state index in [4.69, 9.17) is 23.9 Å². The van der Waals surface area contributed by atoms with Gasteiger partial charge in [-0.05, 0) is 87.1 Å². The second-order valence-corrected chi connectivity index (χ2v) is 12.1. The number of hydrogen-bond acceptors (Lipinski definition) is 8. The molecule has 45 heavy (non-hydrogen) atoms. The minimum atomic E-state index is -1.11. The molecule has 1 unspecified atom stereocenters. The lowest BCUT2D eigenvalue weighted by molar-refractivity contribution is -0.140. The van der Waals surface area contributed by atoms with E-state index in [-0.39, 0.29) is 17.5 Å². The monoisotopic (exact) mass is 612 g/mol. The molecule has 4 heterocycles. The molecule has 2 aliphatic rings. The molecule has 0 bridgehead atoms. The van der Waals surface area contributed by atoms with E-state index in [1.807, 2.05) is 51.1 Å². The lowest BCUT2D eigenvalue weighted by atomic mass is 9.92. The van der Waals surface area contributed by atoms with Crippen LogP contribution in [0.15, 0.2) is 54.7 Å². The molecule has 10 heteroatoms. The Balaban J connectivity index is 1.20. The van der Waals surface area contributed by atoms with Crippen LogP contribution in [0.3, 0.4) is 0 Å². The Bertz CT molecular complexity index is 1710. The number of benzene rings is 2. The Morgan fingerprint density at radius 2 is 1.93 bits per heavy atom. The number of nitrogens with zero attached hydrogens (tertiary/aromatic N) is 4. The van der Waals surface area contributed by atoms with Crippen molar-refractivity contribution in [3.8, 4) is 28.7 Å². The number of ether oxygens (including phenoxy) is 4. The highest BCUT2D eigenvalue weighted by Gasteiger charge is 2.34. The van der Waals surface area contributed by atoms with Gasteiger partial charge in [-0.1, -0.05) is 30.3 Å². The molecule has 0 amide bonds. The maximum Gasteiger partial charge on any atom is 0.342 e. The van der Waals surface area contributed by atoms with Gasteiger partial charge in [-0.3, -0.25) is 4.90 Å². The summed E-state index contributed by atoms with van der Waals surface area (Å²) >= 11 is 0. The highest BCUT2D eigenvalue weighted by Crippen LogP contribution is 2.35. The van der Waals surface area contributed by atoms with Gasteiger partial charge in [0.05, 0.1) is 31.2 Å². The van der Waals surface area contributed by atoms with Crippen molar-refractivity contribution in [2.45, 2.75) is 66.1 Å². The second kappa shape index (κ2) is 12.6. The van der Waals surface area contributed by atoms with Crippen molar-refractivity contribution in [1.29, 1.82) is 0 Å². The summed E-state index contributed by atoms with van der Waals surface area (Å²) in [5, 5.41) is 13.8. The van der Waals surface area contributed by atoms with E-state index in [1.54, 1.807) is 13.0 Å². The smallest absolute Gasteiger partial charge is 0.342 e. The highest BCUT2D eigenvalue weighted by molar-refractivity contribution is 5.90. The minimum Gasteiger partial charge on any atom is -0.488 e. The van der Waals surface area contributed by atoms with Crippen LogP contribution >= 0.6 is 0 Å². The van der Waals surface area contributed by atoms with E-state index in [9.17, 15) is 9.90 Å². The molecule has 1 fully saturated rings. The summed E-state index contributed by atoms with van der Waals surface area (Å²) in [6, 6.07) is 16.0. The predicted molar refractivity (Wildman–Crippen MR) is 169 cm³/mol. The van der Waals surface area contributed by atoms with Gasteiger partial charge in [-0.25, -0.2) is 9.78 Å². The molecule has 1 atom stereocenters. The molecular weight excluding hydrogens is 572 g/mol. The van der Waals surface area contributed by atoms with Crippen molar-refractivity contribution in [3.05, 3.63) is 88.1 Å². The van der Waals surface area contributed by atoms with Crippen molar-refractivity contribution in [3.63, 3.8) is 0 Å². The lowest BCUT2D eigenvalue weighted by Crippen LogP contribution is -2.38. The number of hydrogen-bond donors (Lipinski definition) is 1. The lowest BCUT2D eigenvalue weighted by Gasteiger charge is -2.32. The van der Waals surface area contributed by atoms with E-state index in [1.165, 1.54) is 27.6 Å². The van der Waals surface area contributed by atoms with Gasteiger partial charge in [0.2, 0.25) is 5.88 Å². The zero-order valence-corrected chi connectivity index (χ0v) is 26.5. The van der Waals surface area contributed by atoms with Crippen molar-refractivity contribution >= 4 is 5.97 Å². The highest BCUT2D eigenvalue weighted by atomic mass is 16.7. The number of carbonyl (C=O) groups is 1. The molecular formula is C35H40N4O6. The van der Waals surface area contributed by atoms with Crippen molar-refractivity contribution in [2.24, 2.45) is 0 Å². The molecule has 1 saturated heterocycles. The van der Waals surface area contributed by atoms with E-state index < -0.39 is 11.8 Å². The molecule has 4 aromatic rings. The average Bonchev–Trinajstić information content (AvgIpc) is 3.59. The first kappa shape index (κ1) is 30.8. The van der Waals surface area contributed by atoms with Crippen LogP contribution in [0.25, 0.3) is 17.1 Å². The number of carboxylic acid groups (broad SMARTS) is 1. The Morgan fingerprint density at radius 3 is 2.69 bits per heavy atom. The number of rotatable bonds is 10. The Kier molecular flexibility index (Phi) is 8.63. The summed E-state index contributed by atoms with van der Waals surface area (Å²) in [5.41, 5.74) is 7.70. The summed E-state index contributed by atoms with van der Waals surface area (Å²) in [4.78, 5) is 19.0. The molecule has 10 nitrogen and oxygen atoms in total. The second-order valence-electron chi connectivity index (χ2n) is 12.1. The first-order valence-corrected chi connectivity index (χ1v) is 15.4. The summed E-state index contributed by atoms with van der Waals surface area (Å²) in [6.45, 7) is 14.1. The number of pyridine rings is 1. The van der Waals surface area contributed by atoms with E-state index in [2.05, 4.69) is 29.1 Å². The zero-order valence-electron chi connectivity index (χ0n) is 26.5. The van der Waals surface area contributed by atoms with Gasteiger partial charge in [0, 0.05) is 25.2 Å². The van der Waals surface area contributed by atoms with Crippen LogP contribution < -0.4 is 9.47 Å². The Hall–Kier alpha value is -4.25. The summed E-state index contributed by atoms with van der Waals surface area (Å²) in [5.74, 6) is -0.261. The fourth-order valence-corrected chi connectivity index (χ4v) is 6.21. The molecule has 0 radical (unpaired) electrons. The van der Waals surface area contributed by atoms with Crippen LogP contribution in [-0.4, -0.2) is 68.9 Å². The average molecular weight is 613 g/mol. The molecule has 1 N–H and O–H groups in total. The van der Waals surface area contributed by atoms with Gasteiger partial charge in [-0.15, -0.1) is 0 Å². The van der Waals surface area contributed by atoms with Gasteiger partial charge in [0.15, 0.2) is 11.6 Å². The maximum atomic E-state index is 11.7. The maximum absolute atomic E-state index is 11.7. The largest absolute Gasteiger partial charge is 0.488 e. The van der Waals surface area contributed by atoms with Gasteiger partial charge in [0.25, 0.3) is 0 Å². The Morgan fingerprint density at radius 1 is 1.11 bits per heavy atom. The van der Waals surface area contributed by atoms with E-state index in [0.717, 1.165) is 48.5 Å². The van der Waals surface area contributed by atoms with Crippen LogP contribution in [0.1, 0.15) is 58.9 Å². The first-order valence-electron chi connectivity index (χ1n) is 15.4. The van der Waals surface area contributed by atoms with Gasteiger partial charge < -0.3 is 24.1 Å². The van der Waals surface area contributed by atoms with Crippen molar-refractivity contribution < 1.29 is 28.8 Å². The fraction of sp³-hybridized carbons (Fsp3) is 0.400. The number of aromatic nitrogens is 3. The molecule has 236 valence electrons. The number of carboxylic acids is 1. The molecule has 0 saturated carbocycles. The summed E-state index contributed by atoms with van der Waals surface area (Å²) in [6.07, 6.45) is 2.36. The van der Waals surface area contributed by atoms with Gasteiger partial charge in [-0.2, -0.15) is 9.78 Å². The van der Waals surface area contributed by atoms with Crippen LogP contribution in [0.4, 0.5) is 0 Å². The molecule has 0 aliphatic carbocycles. The third-order valence-electron chi connectivity index (χ3n) is 8.46. The predicted octanol–water partition coefficient (Wildman–Crippen LogP) is 5.74. The van der Waals surface area contributed by atoms with E-state index >= 15 is 0 Å². The molecule has 2 aromatic heterocycles. The van der Waals surface area contributed by atoms with Gasteiger partial charge in [0.1, 0.15) is 17.9 Å². The summed E-state index contributed by atoms with van der Waals surface area (Å²) < 4.78 is 25.4. The van der Waals surface area contributed by atoms with Gasteiger partial charge >= 0.3 is 5.97 Å². The van der Waals surface area contributed by atoms with Crippen LogP contribution in [0, 0.1) is 13.8 Å². The molecule has 6 rings (SSSR count). The number of para-hydroxylation sites is 1. The third kappa shape index (κ3) is 6.45. The zero-order chi connectivity index (χ0) is 31.7. The quantitative estimate of drug-likeness (QED) is 0.240. The molecule has 0 spiro atoms. The van der Waals surface area contributed by atoms with Crippen LogP contribution in [-0.2, 0) is 29.0 Å². The number of fused-ring (bicyclic) bond motifs is 1. The SMILES string of the molecule is CCOc1c(C(=O)O)cnn1-c1cccc(-c2cccc(C)c2OCc2ccc3c(c2C)CCN(CC2COC(C)(C)O2)C3)n1. The Labute approximate surface area is 263 Å². The van der Waals surface area contributed by atoms with Crippen LogP contribution in [0.2, 0.25) is 0 Å². The molecule has 2 aromatic carbocycles. The summed E-state index contributed by atoms with van der Waals surface area (Å²) in [7, 11) is 0. The molecule has 2 aliphatic heterocycles. The first-order chi connectivity index (χ1) is 21.6. The number of aryl methyl sites for hydroxylation is 1. The number of aromatic carboxylic acids is 1. The topological polar surface area (TPSA) is 108 Å². The van der Waals surface area contributed by atoms with Crippen LogP contribution in [0.5, 0.6) is 11.6 Å². The van der Waals surface area contributed by atoms with Crippen molar-refractivity contribution in [2.75, 3.05) is 26.3 Å². The minimum absolute atomic E-state index is 0.0155. The third-order valence-corrected chi connectivity index (χ3v) is 8.46. The standard InChI is InChI=1S/C35H40N4O6/c1-6-42-33-29(34(40)41)17-36-39(33)31-12-8-11-30(37-31)28-10-7-9-22(2)32(28)43-20-25-14-13-24-18-38(16-15-27(24)23(25)3)19-26-21-44-35(4,5)45-26/h7-14,17,26H,6,15-16,18-21H2,1-5H3,(H,40,41). The normalized spacial score (nSPS) is 17.7. The van der Waals surface area contributed by atoms with E-state index in [0.29, 0.717) is 31.3 Å².